The van der Waals surface area contributed by atoms with E-state index in [9.17, 15) is 0 Å². The standard InChI is InChI=1S/C13H24N4/c1-10(13(2,3)4)17(5)9-11-6-7-12(16-14)15-8-11/h6-8,10H,9,14H2,1-5H3,(H,15,16). The van der Waals surface area contributed by atoms with E-state index in [0.717, 1.165) is 6.54 Å². The third-order valence-electron chi connectivity index (χ3n) is 3.32. The van der Waals surface area contributed by atoms with Gasteiger partial charge in [0, 0.05) is 18.8 Å². The van der Waals surface area contributed by atoms with Gasteiger partial charge in [-0.1, -0.05) is 26.8 Å². The number of nitrogens with zero attached hydrogens (tertiary/aromatic N) is 2. The van der Waals surface area contributed by atoms with E-state index < -0.39 is 0 Å². The van der Waals surface area contributed by atoms with Crippen molar-refractivity contribution < 1.29 is 0 Å². The lowest BCUT2D eigenvalue weighted by atomic mass is 9.87. The first-order chi connectivity index (χ1) is 7.84. The van der Waals surface area contributed by atoms with Crippen LogP contribution in [0.25, 0.3) is 0 Å². The van der Waals surface area contributed by atoms with Gasteiger partial charge in [-0.05, 0) is 31.0 Å². The zero-order chi connectivity index (χ0) is 13.1. The van der Waals surface area contributed by atoms with Crippen LogP contribution in [0.1, 0.15) is 33.3 Å². The number of nitrogens with one attached hydrogen (secondary N) is 1. The van der Waals surface area contributed by atoms with Gasteiger partial charge in [-0.3, -0.25) is 4.90 Å². The number of nitrogens with two attached hydrogens (primary N) is 1. The van der Waals surface area contributed by atoms with Crippen molar-refractivity contribution in [3.8, 4) is 0 Å². The van der Waals surface area contributed by atoms with Gasteiger partial charge in [0.25, 0.3) is 0 Å². The van der Waals surface area contributed by atoms with Gasteiger partial charge < -0.3 is 5.43 Å². The molecule has 0 saturated carbocycles. The highest BCUT2D eigenvalue weighted by Crippen LogP contribution is 2.24. The molecule has 0 aliphatic rings. The van der Waals surface area contributed by atoms with E-state index in [0.29, 0.717) is 11.9 Å². The molecule has 0 amide bonds. The number of anilines is 1. The molecule has 0 fully saturated rings. The highest BCUT2D eigenvalue weighted by Gasteiger charge is 2.23. The number of rotatable bonds is 4. The van der Waals surface area contributed by atoms with Crippen molar-refractivity contribution in [2.45, 2.75) is 40.3 Å². The number of hydrogen-bond acceptors (Lipinski definition) is 4. The average Bonchev–Trinajstić information content (AvgIpc) is 2.27. The minimum Gasteiger partial charge on any atom is -0.308 e. The van der Waals surface area contributed by atoms with Gasteiger partial charge in [0.1, 0.15) is 5.82 Å². The Labute approximate surface area is 104 Å². The maximum Gasteiger partial charge on any atom is 0.139 e. The van der Waals surface area contributed by atoms with E-state index in [2.05, 4.69) is 50.1 Å². The Hall–Kier alpha value is -1.13. The largest absolute Gasteiger partial charge is 0.308 e. The molecule has 1 atom stereocenters. The first kappa shape index (κ1) is 13.9. The molecule has 17 heavy (non-hydrogen) atoms. The molecule has 1 unspecified atom stereocenters. The van der Waals surface area contributed by atoms with Crippen LogP contribution in [0.3, 0.4) is 0 Å². The summed E-state index contributed by atoms with van der Waals surface area (Å²) in [5, 5.41) is 0. The van der Waals surface area contributed by atoms with Crippen LogP contribution in [-0.2, 0) is 6.54 Å². The smallest absolute Gasteiger partial charge is 0.139 e. The van der Waals surface area contributed by atoms with Crippen LogP contribution in [-0.4, -0.2) is 23.0 Å². The van der Waals surface area contributed by atoms with Gasteiger partial charge in [0.05, 0.1) is 0 Å². The van der Waals surface area contributed by atoms with Crippen LogP contribution in [0.4, 0.5) is 5.82 Å². The summed E-state index contributed by atoms with van der Waals surface area (Å²) in [5.74, 6) is 5.98. The van der Waals surface area contributed by atoms with E-state index >= 15 is 0 Å². The minimum absolute atomic E-state index is 0.279. The number of pyridine rings is 1. The van der Waals surface area contributed by atoms with Crippen molar-refractivity contribution in [1.82, 2.24) is 9.88 Å². The molecule has 0 aromatic carbocycles. The minimum atomic E-state index is 0.279. The van der Waals surface area contributed by atoms with E-state index in [1.54, 1.807) is 0 Å². The van der Waals surface area contributed by atoms with Gasteiger partial charge in [-0.15, -0.1) is 0 Å². The van der Waals surface area contributed by atoms with Crippen molar-refractivity contribution in [3.05, 3.63) is 23.9 Å². The Morgan fingerprint density at radius 2 is 2.06 bits per heavy atom. The number of hydrogen-bond donors (Lipinski definition) is 2. The SMILES string of the molecule is CC(N(C)Cc1ccc(NN)nc1)C(C)(C)C. The summed E-state index contributed by atoms with van der Waals surface area (Å²) in [5.41, 5.74) is 4.01. The second kappa shape index (κ2) is 5.47. The van der Waals surface area contributed by atoms with Crippen molar-refractivity contribution >= 4 is 5.82 Å². The molecule has 0 saturated heterocycles. The van der Waals surface area contributed by atoms with Crippen molar-refractivity contribution in [2.24, 2.45) is 11.3 Å². The maximum atomic E-state index is 5.28. The third kappa shape index (κ3) is 3.98. The highest BCUT2D eigenvalue weighted by atomic mass is 15.2. The lowest BCUT2D eigenvalue weighted by molar-refractivity contribution is 0.134. The first-order valence-corrected chi connectivity index (χ1v) is 5.96. The molecule has 96 valence electrons. The predicted molar refractivity (Wildman–Crippen MR) is 72.4 cm³/mol. The van der Waals surface area contributed by atoms with Gasteiger partial charge in [0.15, 0.2) is 0 Å². The van der Waals surface area contributed by atoms with Crippen molar-refractivity contribution in [1.29, 1.82) is 0 Å². The molecule has 1 aromatic heterocycles. The monoisotopic (exact) mass is 236 g/mol. The molecular formula is C13H24N4. The fourth-order valence-electron chi connectivity index (χ4n) is 1.69. The van der Waals surface area contributed by atoms with Crippen LogP contribution in [0.5, 0.6) is 0 Å². The summed E-state index contributed by atoms with van der Waals surface area (Å²) in [6.07, 6.45) is 1.86. The number of aromatic nitrogens is 1. The predicted octanol–water partition coefficient (Wildman–Crippen LogP) is 2.23. The van der Waals surface area contributed by atoms with Gasteiger partial charge in [-0.25, -0.2) is 10.8 Å². The molecule has 4 heteroatoms. The number of nitrogen functional groups attached to an aromatic ring is 1. The molecule has 1 heterocycles. The summed E-state index contributed by atoms with van der Waals surface area (Å²) in [7, 11) is 2.14. The lowest BCUT2D eigenvalue weighted by Gasteiger charge is -2.35. The zero-order valence-corrected chi connectivity index (χ0v) is 11.5. The molecule has 0 aliphatic heterocycles. The Balaban J connectivity index is 2.64. The fraction of sp³-hybridized carbons (Fsp3) is 0.615. The molecule has 1 rings (SSSR count). The summed E-state index contributed by atoms with van der Waals surface area (Å²) >= 11 is 0. The number of hydrazine groups is 1. The quantitative estimate of drug-likeness (QED) is 0.622. The fourth-order valence-corrected chi connectivity index (χ4v) is 1.69. The van der Waals surface area contributed by atoms with Gasteiger partial charge in [0.2, 0.25) is 0 Å². The van der Waals surface area contributed by atoms with Crippen LogP contribution in [0, 0.1) is 5.41 Å². The molecule has 3 N–H and O–H groups in total. The zero-order valence-electron chi connectivity index (χ0n) is 11.5. The van der Waals surface area contributed by atoms with E-state index in [4.69, 9.17) is 5.84 Å². The Morgan fingerprint density at radius 3 is 2.47 bits per heavy atom. The lowest BCUT2D eigenvalue weighted by Crippen LogP contribution is -2.38. The topological polar surface area (TPSA) is 54.2 Å². The normalized spacial score (nSPS) is 13.8. The Bertz CT molecular complexity index is 339. The summed E-state index contributed by atoms with van der Waals surface area (Å²) in [4.78, 5) is 6.55. The third-order valence-corrected chi connectivity index (χ3v) is 3.32. The van der Waals surface area contributed by atoms with E-state index in [1.165, 1.54) is 5.56 Å². The molecule has 0 aliphatic carbocycles. The molecule has 0 radical (unpaired) electrons. The van der Waals surface area contributed by atoms with Gasteiger partial charge >= 0.3 is 0 Å². The summed E-state index contributed by atoms with van der Waals surface area (Å²) in [6, 6.07) is 4.45. The van der Waals surface area contributed by atoms with E-state index in [-0.39, 0.29) is 5.41 Å². The molecule has 1 aromatic rings. The Morgan fingerprint density at radius 1 is 1.41 bits per heavy atom. The van der Waals surface area contributed by atoms with Crippen LogP contribution >= 0.6 is 0 Å². The van der Waals surface area contributed by atoms with Gasteiger partial charge in [-0.2, -0.15) is 0 Å². The molecule has 0 bridgehead atoms. The second-order valence-electron chi connectivity index (χ2n) is 5.65. The molecular weight excluding hydrogens is 212 g/mol. The van der Waals surface area contributed by atoms with Crippen LogP contribution in [0.15, 0.2) is 18.3 Å². The van der Waals surface area contributed by atoms with E-state index in [1.807, 2.05) is 18.3 Å². The maximum absolute atomic E-state index is 5.28. The van der Waals surface area contributed by atoms with Crippen molar-refractivity contribution in [2.75, 3.05) is 12.5 Å². The average molecular weight is 236 g/mol. The first-order valence-electron chi connectivity index (χ1n) is 5.96. The molecule has 0 spiro atoms. The summed E-state index contributed by atoms with van der Waals surface area (Å²) in [6.45, 7) is 9.93. The summed E-state index contributed by atoms with van der Waals surface area (Å²) < 4.78 is 0. The van der Waals surface area contributed by atoms with Crippen LogP contribution in [0.2, 0.25) is 0 Å². The van der Waals surface area contributed by atoms with Crippen LogP contribution < -0.4 is 11.3 Å². The van der Waals surface area contributed by atoms with Crippen molar-refractivity contribution in [3.63, 3.8) is 0 Å². The highest BCUT2D eigenvalue weighted by molar-refractivity contribution is 5.33. The second-order valence-corrected chi connectivity index (χ2v) is 5.65. The Kier molecular flexibility index (Phi) is 4.48. The molecule has 4 nitrogen and oxygen atoms in total.